The number of aliphatic carboxylic acids is 1. The van der Waals surface area contributed by atoms with Crippen molar-refractivity contribution in [1.82, 2.24) is 0 Å². The Morgan fingerprint density at radius 2 is 1.65 bits per heavy atom. The van der Waals surface area contributed by atoms with E-state index in [2.05, 4.69) is 20.8 Å². The first-order chi connectivity index (χ1) is 10.8. The summed E-state index contributed by atoms with van der Waals surface area (Å²) < 4.78 is 18.5. The van der Waals surface area contributed by atoms with Crippen LogP contribution in [0.5, 0.6) is 5.75 Å². The van der Waals surface area contributed by atoms with E-state index in [0.29, 0.717) is 11.3 Å². The van der Waals surface area contributed by atoms with Crippen LogP contribution in [0.25, 0.3) is 0 Å². The Hall–Kier alpha value is -2.36. The fourth-order valence-corrected chi connectivity index (χ4v) is 2.21. The average molecular weight is 316 g/mol. The fraction of sp³-hybridized carbons (Fsp3) is 0.316. The zero-order valence-electron chi connectivity index (χ0n) is 13.5. The van der Waals surface area contributed by atoms with Crippen LogP contribution in [0.3, 0.4) is 0 Å². The summed E-state index contributed by atoms with van der Waals surface area (Å²) in [5, 5.41) is 9.34. The van der Waals surface area contributed by atoms with Gasteiger partial charge in [-0.05, 0) is 40.8 Å². The lowest BCUT2D eigenvalue weighted by Gasteiger charge is -2.20. The average Bonchev–Trinajstić information content (AvgIpc) is 2.48. The van der Waals surface area contributed by atoms with Gasteiger partial charge in [-0.2, -0.15) is 0 Å². The van der Waals surface area contributed by atoms with Crippen molar-refractivity contribution in [3.63, 3.8) is 0 Å². The molecule has 0 saturated heterocycles. The molecule has 0 saturated carbocycles. The van der Waals surface area contributed by atoms with Crippen LogP contribution in [0.4, 0.5) is 4.39 Å². The van der Waals surface area contributed by atoms with Gasteiger partial charge >= 0.3 is 5.97 Å². The molecule has 0 radical (unpaired) electrons. The lowest BCUT2D eigenvalue weighted by molar-refractivity contribution is -0.145. The van der Waals surface area contributed by atoms with Gasteiger partial charge in [0.2, 0.25) is 0 Å². The molecule has 1 atom stereocenters. The van der Waals surface area contributed by atoms with Gasteiger partial charge in [0, 0.05) is 6.42 Å². The lowest BCUT2D eigenvalue weighted by Crippen LogP contribution is -2.29. The zero-order valence-corrected chi connectivity index (χ0v) is 13.5. The van der Waals surface area contributed by atoms with E-state index in [1.807, 2.05) is 12.1 Å². The van der Waals surface area contributed by atoms with Gasteiger partial charge in [0.15, 0.2) is 6.10 Å². The first kappa shape index (κ1) is 17.0. The molecule has 0 aliphatic carbocycles. The summed E-state index contributed by atoms with van der Waals surface area (Å²) in [4.78, 5) is 11.4. The monoisotopic (exact) mass is 316 g/mol. The molecule has 0 amide bonds. The third-order valence-electron chi connectivity index (χ3n) is 3.61. The summed E-state index contributed by atoms with van der Waals surface area (Å²) in [7, 11) is 0. The molecule has 0 fully saturated rings. The Balaban J connectivity index is 2.10. The van der Waals surface area contributed by atoms with Crippen molar-refractivity contribution in [2.45, 2.75) is 38.7 Å². The predicted octanol–water partition coefficient (Wildman–Crippen LogP) is 4.20. The molecule has 0 bridgehead atoms. The molecule has 0 spiro atoms. The molecule has 23 heavy (non-hydrogen) atoms. The lowest BCUT2D eigenvalue weighted by atomic mass is 9.87. The molecule has 2 aromatic carbocycles. The number of rotatable bonds is 5. The third-order valence-corrected chi connectivity index (χ3v) is 3.61. The van der Waals surface area contributed by atoms with Crippen LogP contribution < -0.4 is 4.74 Å². The van der Waals surface area contributed by atoms with E-state index in [0.717, 1.165) is 5.56 Å². The summed E-state index contributed by atoms with van der Waals surface area (Å²) in [5.41, 5.74) is 1.89. The van der Waals surface area contributed by atoms with Crippen molar-refractivity contribution in [1.29, 1.82) is 0 Å². The van der Waals surface area contributed by atoms with Crippen LogP contribution >= 0.6 is 0 Å². The minimum Gasteiger partial charge on any atom is -0.478 e. The van der Waals surface area contributed by atoms with E-state index in [4.69, 9.17) is 4.74 Å². The zero-order chi connectivity index (χ0) is 17.0. The molecule has 3 nitrogen and oxygen atoms in total. The summed E-state index contributed by atoms with van der Waals surface area (Å²) in [6.45, 7) is 6.33. The normalized spacial score (nSPS) is 12.7. The Labute approximate surface area is 135 Å². The maximum Gasteiger partial charge on any atom is 0.345 e. The predicted molar refractivity (Wildman–Crippen MR) is 87.3 cm³/mol. The molecular weight excluding hydrogens is 295 g/mol. The van der Waals surface area contributed by atoms with Gasteiger partial charge in [0.1, 0.15) is 11.6 Å². The highest BCUT2D eigenvalue weighted by molar-refractivity contribution is 5.73. The van der Waals surface area contributed by atoms with Gasteiger partial charge in [-0.3, -0.25) is 0 Å². The maximum atomic E-state index is 12.9. The number of carbonyl (C=O) groups is 1. The van der Waals surface area contributed by atoms with Crippen LogP contribution in [-0.2, 0) is 16.6 Å². The van der Waals surface area contributed by atoms with E-state index in [9.17, 15) is 14.3 Å². The van der Waals surface area contributed by atoms with Crippen molar-refractivity contribution < 1.29 is 19.0 Å². The van der Waals surface area contributed by atoms with Gasteiger partial charge in [-0.15, -0.1) is 0 Å². The standard InChI is InChI=1S/C19H21FO3/c1-19(2,3)14-6-10-16(11-7-14)23-17(18(21)22)12-13-4-8-15(20)9-5-13/h4-11,17H,12H2,1-3H3,(H,21,22). The van der Waals surface area contributed by atoms with Crippen LogP contribution in [0.1, 0.15) is 31.9 Å². The van der Waals surface area contributed by atoms with E-state index in [1.54, 1.807) is 24.3 Å². The Kier molecular flexibility index (Phi) is 5.04. The van der Waals surface area contributed by atoms with Crippen LogP contribution in [0.2, 0.25) is 0 Å². The molecule has 4 heteroatoms. The van der Waals surface area contributed by atoms with Gasteiger partial charge < -0.3 is 9.84 Å². The van der Waals surface area contributed by atoms with Gasteiger partial charge in [-0.25, -0.2) is 9.18 Å². The maximum absolute atomic E-state index is 12.9. The molecule has 0 heterocycles. The first-order valence-electron chi connectivity index (χ1n) is 7.50. The molecule has 1 unspecified atom stereocenters. The second-order valence-corrected chi connectivity index (χ2v) is 6.55. The van der Waals surface area contributed by atoms with E-state index in [1.165, 1.54) is 12.1 Å². The van der Waals surface area contributed by atoms with Crippen molar-refractivity contribution in [2.75, 3.05) is 0 Å². The SMILES string of the molecule is CC(C)(C)c1ccc(OC(Cc2ccc(F)cc2)C(=O)O)cc1. The molecule has 2 aromatic rings. The molecule has 2 rings (SSSR count). The molecule has 0 aromatic heterocycles. The third kappa shape index (κ3) is 4.81. The number of carboxylic acid groups (broad SMARTS) is 1. The minimum absolute atomic E-state index is 0.0266. The summed E-state index contributed by atoms with van der Waals surface area (Å²) in [6.07, 6.45) is -0.836. The van der Waals surface area contributed by atoms with E-state index < -0.39 is 12.1 Å². The van der Waals surface area contributed by atoms with Gasteiger partial charge in [0.05, 0.1) is 0 Å². The van der Waals surface area contributed by atoms with Gasteiger partial charge in [0.25, 0.3) is 0 Å². The molecular formula is C19H21FO3. The Morgan fingerprint density at radius 3 is 2.13 bits per heavy atom. The number of halogens is 1. The molecule has 122 valence electrons. The van der Waals surface area contributed by atoms with Crippen molar-refractivity contribution in [3.8, 4) is 5.75 Å². The number of hydrogen-bond donors (Lipinski definition) is 1. The highest BCUT2D eigenvalue weighted by Crippen LogP contribution is 2.25. The molecule has 0 aliphatic heterocycles. The molecule has 1 N–H and O–H groups in total. The fourth-order valence-electron chi connectivity index (χ4n) is 2.21. The number of hydrogen-bond acceptors (Lipinski definition) is 2. The van der Waals surface area contributed by atoms with Gasteiger partial charge in [-0.1, -0.05) is 45.0 Å². The van der Waals surface area contributed by atoms with E-state index in [-0.39, 0.29) is 17.7 Å². The highest BCUT2D eigenvalue weighted by atomic mass is 19.1. The van der Waals surface area contributed by atoms with Crippen LogP contribution in [-0.4, -0.2) is 17.2 Å². The smallest absolute Gasteiger partial charge is 0.345 e. The van der Waals surface area contributed by atoms with Crippen molar-refractivity contribution in [3.05, 3.63) is 65.5 Å². The minimum atomic E-state index is -1.05. The Morgan fingerprint density at radius 1 is 1.09 bits per heavy atom. The Bertz CT molecular complexity index is 655. The summed E-state index contributed by atoms with van der Waals surface area (Å²) in [6, 6.07) is 13.2. The topological polar surface area (TPSA) is 46.5 Å². The second kappa shape index (κ2) is 6.82. The first-order valence-corrected chi connectivity index (χ1v) is 7.50. The second-order valence-electron chi connectivity index (χ2n) is 6.55. The number of carboxylic acids is 1. The largest absolute Gasteiger partial charge is 0.478 e. The molecule has 0 aliphatic rings. The number of ether oxygens (including phenoxy) is 1. The highest BCUT2D eigenvalue weighted by Gasteiger charge is 2.21. The quantitative estimate of drug-likeness (QED) is 0.899. The van der Waals surface area contributed by atoms with Crippen molar-refractivity contribution >= 4 is 5.97 Å². The van der Waals surface area contributed by atoms with Crippen LogP contribution in [0, 0.1) is 5.82 Å². The number of benzene rings is 2. The summed E-state index contributed by atoms with van der Waals surface area (Å²) in [5.74, 6) is -0.888. The summed E-state index contributed by atoms with van der Waals surface area (Å²) >= 11 is 0. The van der Waals surface area contributed by atoms with Crippen LogP contribution in [0.15, 0.2) is 48.5 Å². The van der Waals surface area contributed by atoms with E-state index >= 15 is 0 Å². The van der Waals surface area contributed by atoms with Crippen molar-refractivity contribution in [2.24, 2.45) is 0 Å².